The lowest BCUT2D eigenvalue weighted by atomic mass is 9.88. The van der Waals surface area contributed by atoms with Gasteiger partial charge in [0.15, 0.2) is 11.6 Å². The molecule has 1 atom stereocenters. The molecule has 0 amide bonds. The molecule has 0 radical (unpaired) electrons. The number of nitrogens with zero attached hydrogens (tertiary/aromatic N) is 2. The molecule has 1 aromatic carbocycles. The lowest BCUT2D eigenvalue weighted by molar-refractivity contribution is 0.583. The van der Waals surface area contributed by atoms with Gasteiger partial charge in [-0.2, -0.15) is 4.98 Å². The van der Waals surface area contributed by atoms with Crippen LogP contribution in [0.3, 0.4) is 0 Å². The summed E-state index contributed by atoms with van der Waals surface area (Å²) in [6.07, 6.45) is 4.08. The number of halogens is 1. The highest BCUT2D eigenvalue weighted by Crippen LogP contribution is 2.24. The van der Waals surface area contributed by atoms with Gasteiger partial charge in [-0.05, 0) is 30.4 Å². The number of anilines is 2. The van der Waals surface area contributed by atoms with E-state index in [-0.39, 0.29) is 11.9 Å². The van der Waals surface area contributed by atoms with Crippen LogP contribution < -0.4 is 10.6 Å². The maximum atomic E-state index is 13.7. The summed E-state index contributed by atoms with van der Waals surface area (Å²) in [5, 5.41) is 6.02. The van der Waals surface area contributed by atoms with Crippen LogP contribution in [0.2, 0.25) is 0 Å². The predicted octanol–water partition coefficient (Wildman–Crippen LogP) is 2.63. The zero-order valence-corrected chi connectivity index (χ0v) is 11.4. The second-order valence-electron chi connectivity index (χ2n) is 4.99. The van der Waals surface area contributed by atoms with Gasteiger partial charge in [0.25, 0.3) is 0 Å². The summed E-state index contributed by atoms with van der Waals surface area (Å²) in [5.41, 5.74) is 2.73. The van der Waals surface area contributed by atoms with E-state index in [4.69, 9.17) is 0 Å². The molecule has 2 aromatic rings. The van der Waals surface area contributed by atoms with Crippen molar-refractivity contribution in [3.05, 3.63) is 47.4 Å². The minimum absolute atomic E-state index is 0.207. The summed E-state index contributed by atoms with van der Waals surface area (Å²) in [6.45, 7) is 0. The maximum absolute atomic E-state index is 13.7. The van der Waals surface area contributed by atoms with Crippen LogP contribution in [0.5, 0.6) is 0 Å². The van der Waals surface area contributed by atoms with E-state index in [9.17, 15) is 4.39 Å². The number of aryl methyl sites for hydroxylation is 1. The van der Waals surface area contributed by atoms with Crippen LogP contribution in [-0.4, -0.2) is 23.1 Å². The molecule has 0 saturated carbocycles. The number of nitrogens with one attached hydrogen (secondary N) is 2. The molecule has 0 aliphatic heterocycles. The molecule has 1 aliphatic carbocycles. The largest absolute Gasteiger partial charge is 0.364 e. The summed E-state index contributed by atoms with van der Waals surface area (Å²) < 4.78 is 13.7. The summed E-state index contributed by atoms with van der Waals surface area (Å²) >= 11 is 0. The molecular formula is C15H17FN4. The molecule has 4 nitrogen and oxygen atoms in total. The first-order valence-electron chi connectivity index (χ1n) is 6.80. The van der Waals surface area contributed by atoms with Crippen LogP contribution >= 0.6 is 0 Å². The highest BCUT2D eigenvalue weighted by atomic mass is 19.1. The van der Waals surface area contributed by atoms with Crippen LogP contribution in [0.15, 0.2) is 30.5 Å². The van der Waals surface area contributed by atoms with Crippen molar-refractivity contribution < 1.29 is 4.39 Å². The second kappa shape index (κ2) is 5.45. The van der Waals surface area contributed by atoms with Gasteiger partial charge in [0.2, 0.25) is 5.95 Å². The minimum Gasteiger partial charge on any atom is -0.364 e. The average molecular weight is 272 g/mol. The van der Waals surface area contributed by atoms with E-state index < -0.39 is 5.82 Å². The zero-order valence-electron chi connectivity index (χ0n) is 11.4. The van der Waals surface area contributed by atoms with E-state index >= 15 is 0 Å². The SMILES string of the molecule is CNc1ncc(F)c(NC2CCc3ccccc3C2)n1. The highest BCUT2D eigenvalue weighted by molar-refractivity contribution is 5.43. The third-order valence-corrected chi connectivity index (χ3v) is 3.66. The fourth-order valence-corrected chi connectivity index (χ4v) is 2.60. The number of rotatable bonds is 3. The second-order valence-corrected chi connectivity index (χ2v) is 4.99. The van der Waals surface area contributed by atoms with Crippen molar-refractivity contribution in [2.24, 2.45) is 0 Å². The van der Waals surface area contributed by atoms with E-state index in [1.807, 2.05) is 6.07 Å². The van der Waals surface area contributed by atoms with Crippen LogP contribution in [0.4, 0.5) is 16.2 Å². The molecule has 3 rings (SSSR count). The summed E-state index contributed by atoms with van der Waals surface area (Å²) in [5.74, 6) is 0.279. The van der Waals surface area contributed by atoms with E-state index in [1.54, 1.807) is 7.05 Å². The molecule has 20 heavy (non-hydrogen) atoms. The Labute approximate surface area is 117 Å². The van der Waals surface area contributed by atoms with Gasteiger partial charge >= 0.3 is 0 Å². The number of aromatic nitrogens is 2. The van der Waals surface area contributed by atoms with Gasteiger partial charge in [-0.1, -0.05) is 24.3 Å². The van der Waals surface area contributed by atoms with Crippen molar-refractivity contribution in [2.45, 2.75) is 25.3 Å². The Morgan fingerprint density at radius 1 is 1.25 bits per heavy atom. The van der Waals surface area contributed by atoms with Gasteiger partial charge in [0.05, 0.1) is 6.20 Å². The van der Waals surface area contributed by atoms with Crippen molar-refractivity contribution >= 4 is 11.8 Å². The van der Waals surface area contributed by atoms with Crippen molar-refractivity contribution in [3.8, 4) is 0 Å². The first-order chi connectivity index (χ1) is 9.76. The predicted molar refractivity (Wildman–Crippen MR) is 77.4 cm³/mol. The Morgan fingerprint density at radius 3 is 2.85 bits per heavy atom. The van der Waals surface area contributed by atoms with Gasteiger partial charge < -0.3 is 10.6 Å². The molecule has 0 bridgehead atoms. The van der Waals surface area contributed by atoms with Crippen LogP contribution in [0.25, 0.3) is 0 Å². The van der Waals surface area contributed by atoms with Crippen LogP contribution in [0.1, 0.15) is 17.5 Å². The third kappa shape index (κ3) is 2.57. The summed E-state index contributed by atoms with van der Waals surface area (Å²) in [7, 11) is 1.72. The van der Waals surface area contributed by atoms with Gasteiger partial charge in [0, 0.05) is 13.1 Å². The van der Waals surface area contributed by atoms with Crippen molar-refractivity contribution in [2.75, 3.05) is 17.7 Å². The number of hydrogen-bond acceptors (Lipinski definition) is 4. The fraction of sp³-hybridized carbons (Fsp3) is 0.333. The molecule has 1 unspecified atom stereocenters. The lowest BCUT2D eigenvalue weighted by Gasteiger charge is -2.26. The first kappa shape index (κ1) is 12.8. The zero-order chi connectivity index (χ0) is 13.9. The van der Waals surface area contributed by atoms with Gasteiger partial charge in [-0.3, -0.25) is 0 Å². The standard InChI is InChI=1S/C15H17FN4/c1-17-15-18-9-13(16)14(20-15)19-12-7-6-10-4-2-3-5-11(10)8-12/h2-5,9,12H,6-8H2,1H3,(H2,17,18,19,20). The number of benzene rings is 1. The fourth-order valence-electron chi connectivity index (χ4n) is 2.60. The molecule has 0 fully saturated rings. The first-order valence-corrected chi connectivity index (χ1v) is 6.80. The van der Waals surface area contributed by atoms with E-state index in [0.29, 0.717) is 5.95 Å². The Hall–Kier alpha value is -2.17. The van der Waals surface area contributed by atoms with E-state index in [0.717, 1.165) is 19.3 Å². The molecule has 1 aliphatic rings. The van der Waals surface area contributed by atoms with Crippen LogP contribution in [-0.2, 0) is 12.8 Å². The summed E-state index contributed by atoms with van der Waals surface area (Å²) in [4.78, 5) is 7.98. The molecule has 0 spiro atoms. The molecule has 2 N–H and O–H groups in total. The Morgan fingerprint density at radius 2 is 2.05 bits per heavy atom. The topological polar surface area (TPSA) is 49.8 Å². The Kier molecular flexibility index (Phi) is 3.50. The van der Waals surface area contributed by atoms with Gasteiger partial charge in [0.1, 0.15) is 0 Å². The molecule has 5 heteroatoms. The molecule has 1 heterocycles. The maximum Gasteiger partial charge on any atom is 0.224 e. The third-order valence-electron chi connectivity index (χ3n) is 3.66. The molecule has 0 saturated heterocycles. The normalized spacial score (nSPS) is 17.4. The molecule has 1 aromatic heterocycles. The Bertz CT molecular complexity index is 615. The van der Waals surface area contributed by atoms with Crippen molar-refractivity contribution in [3.63, 3.8) is 0 Å². The quantitative estimate of drug-likeness (QED) is 0.902. The Balaban J connectivity index is 1.76. The van der Waals surface area contributed by atoms with Crippen molar-refractivity contribution in [1.29, 1.82) is 0 Å². The van der Waals surface area contributed by atoms with E-state index in [1.165, 1.54) is 17.3 Å². The van der Waals surface area contributed by atoms with E-state index in [2.05, 4.69) is 38.8 Å². The highest BCUT2D eigenvalue weighted by Gasteiger charge is 2.19. The lowest BCUT2D eigenvalue weighted by Crippen LogP contribution is -2.28. The molecule has 104 valence electrons. The molecular weight excluding hydrogens is 255 g/mol. The van der Waals surface area contributed by atoms with Crippen molar-refractivity contribution in [1.82, 2.24) is 9.97 Å². The van der Waals surface area contributed by atoms with Crippen LogP contribution in [0, 0.1) is 5.82 Å². The summed E-state index contributed by atoms with van der Waals surface area (Å²) in [6, 6.07) is 8.62. The minimum atomic E-state index is -0.414. The number of fused-ring (bicyclic) bond motifs is 1. The smallest absolute Gasteiger partial charge is 0.224 e. The van der Waals surface area contributed by atoms with Gasteiger partial charge in [-0.15, -0.1) is 0 Å². The average Bonchev–Trinajstić information content (AvgIpc) is 2.49. The monoisotopic (exact) mass is 272 g/mol. The van der Waals surface area contributed by atoms with Gasteiger partial charge in [-0.25, -0.2) is 9.37 Å². The number of hydrogen-bond donors (Lipinski definition) is 2.